The minimum Gasteiger partial charge on any atom is -0.314 e. The Bertz CT molecular complexity index is 214. The molecule has 1 heteroatoms. The third-order valence-corrected chi connectivity index (χ3v) is 2.17. The maximum absolute atomic E-state index is 3.37. The lowest BCUT2D eigenvalue weighted by Crippen LogP contribution is -2.44. The van der Waals surface area contributed by atoms with Gasteiger partial charge in [0.1, 0.15) is 0 Å². The van der Waals surface area contributed by atoms with Crippen LogP contribution in [0.2, 0.25) is 0 Å². The van der Waals surface area contributed by atoms with Crippen molar-refractivity contribution in [2.75, 3.05) is 6.54 Å². The van der Waals surface area contributed by atoms with E-state index in [-0.39, 0.29) is 0 Å². The van der Waals surface area contributed by atoms with Crippen molar-refractivity contribution in [2.45, 2.75) is 18.9 Å². The third-order valence-electron chi connectivity index (χ3n) is 2.17. The van der Waals surface area contributed by atoms with Crippen LogP contribution in [0.5, 0.6) is 0 Å². The van der Waals surface area contributed by atoms with Crippen LogP contribution in [-0.2, 0) is 6.42 Å². The summed E-state index contributed by atoms with van der Waals surface area (Å²) in [6.45, 7) is 1.19. The zero-order chi connectivity index (χ0) is 7.52. The van der Waals surface area contributed by atoms with Gasteiger partial charge >= 0.3 is 0 Å². The van der Waals surface area contributed by atoms with Gasteiger partial charge in [-0.2, -0.15) is 0 Å². The average molecular weight is 146 g/mol. The van der Waals surface area contributed by atoms with Crippen molar-refractivity contribution in [1.29, 1.82) is 0 Å². The van der Waals surface area contributed by atoms with E-state index in [0.29, 0.717) is 6.04 Å². The van der Waals surface area contributed by atoms with Crippen LogP contribution >= 0.6 is 0 Å². The van der Waals surface area contributed by atoms with E-state index in [9.17, 15) is 0 Å². The molecule has 1 atom stereocenters. The maximum Gasteiger partial charge on any atom is 0.0120 e. The highest BCUT2D eigenvalue weighted by molar-refractivity contribution is 5.14. The van der Waals surface area contributed by atoms with Crippen LogP contribution in [0.1, 0.15) is 12.0 Å². The molecule has 2 rings (SSSR count). The van der Waals surface area contributed by atoms with E-state index < -0.39 is 0 Å². The standard InChI is InChI=1S/C10H12N/c1-2-4-9(5-3-1)8-10-6-7-11-10/h1-4,10-11H,6-8H2. The lowest BCUT2D eigenvalue weighted by atomic mass is 9.98. The molecule has 0 spiro atoms. The molecule has 0 saturated carbocycles. The molecule has 0 aliphatic carbocycles. The van der Waals surface area contributed by atoms with Gasteiger partial charge in [-0.15, -0.1) is 0 Å². The lowest BCUT2D eigenvalue weighted by Gasteiger charge is -2.27. The first-order chi connectivity index (χ1) is 5.45. The first kappa shape index (κ1) is 6.86. The van der Waals surface area contributed by atoms with Crippen molar-refractivity contribution in [3.05, 3.63) is 35.9 Å². The summed E-state index contributed by atoms with van der Waals surface area (Å²) in [5.41, 5.74) is 1.32. The third kappa shape index (κ3) is 1.60. The van der Waals surface area contributed by atoms with E-state index in [4.69, 9.17) is 0 Å². The van der Waals surface area contributed by atoms with Gasteiger partial charge in [-0.1, -0.05) is 24.3 Å². The molecule has 1 saturated heterocycles. The van der Waals surface area contributed by atoms with Crippen LogP contribution in [0.25, 0.3) is 0 Å². The fourth-order valence-electron chi connectivity index (χ4n) is 1.35. The molecule has 57 valence electrons. The zero-order valence-electron chi connectivity index (χ0n) is 6.51. The van der Waals surface area contributed by atoms with E-state index in [1.807, 2.05) is 12.1 Å². The van der Waals surface area contributed by atoms with E-state index in [1.165, 1.54) is 18.5 Å². The van der Waals surface area contributed by atoms with E-state index in [1.54, 1.807) is 0 Å². The summed E-state index contributed by atoms with van der Waals surface area (Å²) in [5, 5.41) is 3.37. The van der Waals surface area contributed by atoms with Crippen LogP contribution in [0.3, 0.4) is 0 Å². The Balaban J connectivity index is 1.95. The van der Waals surface area contributed by atoms with Crippen LogP contribution in [0.15, 0.2) is 24.3 Å². The molecule has 1 N–H and O–H groups in total. The smallest absolute Gasteiger partial charge is 0.0120 e. The second kappa shape index (κ2) is 3.05. The topological polar surface area (TPSA) is 12.0 Å². The Morgan fingerprint density at radius 3 is 3.00 bits per heavy atom. The van der Waals surface area contributed by atoms with Gasteiger partial charge in [0.15, 0.2) is 0 Å². The van der Waals surface area contributed by atoms with Gasteiger partial charge in [0, 0.05) is 6.04 Å². The van der Waals surface area contributed by atoms with Crippen molar-refractivity contribution < 1.29 is 0 Å². The van der Waals surface area contributed by atoms with Crippen molar-refractivity contribution >= 4 is 0 Å². The molecule has 1 nitrogen and oxygen atoms in total. The number of hydrogen-bond donors (Lipinski definition) is 1. The van der Waals surface area contributed by atoms with Crippen LogP contribution in [-0.4, -0.2) is 12.6 Å². The van der Waals surface area contributed by atoms with E-state index >= 15 is 0 Å². The summed E-state index contributed by atoms with van der Waals surface area (Å²) in [4.78, 5) is 0. The molecule has 0 bridgehead atoms. The van der Waals surface area contributed by atoms with Gasteiger partial charge in [0.25, 0.3) is 0 Å². The molecule has 1 radical (unpaired) electrons. The molecule has 1 aliphatic rings. The predicted molar refractivity (Wildman–Crippen MR) is 45.4 cm³/mol. The first-order valence-electron chi connectivity index (χ1n) is 4.14. The Labute approximate surface area is 67.4 Å². The Morgan fingerprint density at radius 2 is 2.45 bits per heavy atom. The zero-order valence-corrected chi connectivity index (χ0v) is 6.51. The molecular formula is C10H12N. The molecule has 1 aromatic carbocycles. The van der Waals surface area contributed by atoms with Gasteiger partial charge in [-0.3, -0.25) is 0 Å². The predicted octanol–water partition coefficient (Wildman–Crippen LogP) is 1.39. The lowest BCUT2D eigenvalue weighted by molar-refractivity contribution is 0.369. The minimum atomic E-state index is 0.716. The van der Waals surface area contributed by atoms with Crippen LogP contribution in [0, 0.1) is 6.07 Å². The fraction of sp³-hybridized carbons (Fsp3) is 0.400. The highest BCUT2D eigenvalue weighted by Gasteiger charge is 2.15. The Morgan fingerprint density at radius 1 is 1.55 bits per heavy atom. The molecule has 1 heterocycles. The molecule has 11 heavy (non-hydrogen) atoms. The van der Waals surface area contributed by atoms with Gasteiger partial charge in [0.2, 0.25) is 0 Å². The Hall–Kier alpha value is -0.820. The van der Waals surface area contributed by atoms with Crippen molar-refractivity contribution in [3.8, 4) is 0 Å². The molecule has 0 amide bonds. The number of benzene rings is 1. The summed E-state index contributed by atoms with van der Waals surface area (Å²) in [6.07, 6.45) is 2.46. The number of hydrogen-bond acceptors (Lipinski definition) is 1. The van der Waals surface area contributed by atoms with Gasteiger partial charge < -0.3 is 5.32 Å². The molecular weight excluding hydrogens is 134 g/mol. The quantitative estimate of drug-likeness (QED) is 0.665. The van der Waals surface area contributed by atoms with Crippen LogP contribution < -0.4 is 5.32 Å². The van der Waals surface area contributed by atoms with Gasteiger partial charge in [-0.05, 0) is 31.0 Å². The SMILES string of the molecule is [c]1ccccc1CC1CCN1. The molecule has 1 aliphatic heterocycles. The molecule has 1 fully saturated rings. The Kier molecular flexibility index (Phi) is 1.91. The highest BCUT2D eigenvalue weighted by atomic mass is 15.0. The monoisotopic (exact) mass is 146 g/mol. The number of rotatable bonds is 2. The van der Waals surface area contributed by atoms with Gasteiger partial charge in [-0.25, -0.2) is 0 Å². The summed E-state index contributed by atoms with van der Waals surface area (Å²) < 4.78 is 0. The molecule has 1 aromatic rings. The van der Waals surface area contributed by atoms with Crippen molar-refractivity contribution in [1.82, 2.24) is 5.32 Å². The summed E-state index contributed by atoms with van der Waals surface area (Å²) in [6, 6.07) is 12.1. The first-order valence-corrected chi connectivity index (χ1v) is 4.14. The summed E-state index contributed by atoms with van der Waals surface area (Å²) in [7, 11) is 0. The average Bonchev–Trinajstić information content (AvgIpc) is 1.99. The largest absolute Gasteiger partial charge is 0.314 e. The highest BCUT2D eigenvalue weighted by Crippen LogP contribution is 2.09. The number of nitrogens with one attached hydrogen (secondary N) is 1. The van der Waals surface area contributed by atoms with E-state index in [0.717, 1.165) is 6.42 Å². The molecule has 0 aromatic heterocycles. The van der Waals surface area contributed by atoms with Crippen molar-refractivity contribution in [3.63, 3.8) is 0 Å². The van der Waals surface area contributed by atoms with Crippen molar-refractivity contribution in [2.24, 2.45) is 0 Å². The fourth-order valence-corrected chi connectivity index (χ4v) is 1.35. The summed E-state index contributed by atoms with van der Waals surface area (Å²) >= 11 is 0. The second-order valence-corrected chi connectivity index (χ2v) is 3.03. The minimum absolute atomic E-state index is 0.716. The van der Waals surface area contributed by atoms with E-state index in [2.05, 4.69) is 23.5 Å². The van der Waals surface area contributed by atoms with Crippen LogP contribution in [0.4, 0.5) is 0 Å². The molecule has 1 unspecified atom stereocenters. The normalized spacial score (nSPS) is 22.7. The maximum atomic E-state index is 3.37. The van der Waals surface area contributed by atoms with Gasteiger partial charge in [0.05, 0.1) is 0 Å². The second-order valence-electron chi connectivity index (χ2n) is 3.03. The summed E-state index contributed by atoms with van der Waals surface area (Å²) in [5.74, 6) is 0.